The van der Waals surface area contributed by atoms with Crippen molar-refractivity contribution in [2.75, 3.05) is 12.4 Å². The molecule has 1 aromatic rings. The van der Waals surface area contributed by atoms with Gasteiger partial charge in [-0.15, -0.1) is 0 Å². The summed E-state index contributed by atoms with van der Waals surface area (Å²) in [6.45, 7) is 2.29. The van der Waals surface area contributed by atoms with E-state index in [-0.39, 0.29) is 0 Å². The van der Waals surface area contributed by atoms with E-state index in [2.05, 4.69) is 17.2 Å². The van der Waals surface area contributed by atoms with Crippen LogP contribution in [0.5, 0.6) is 5.88 Å². The molecule has 1 fully saturated rings. The van der Waals surface area contributed by atoms with Crippen molar-refractivity contribution in [3.63, 3.8) is 0 Å². The smallest absolute Gasteiger partial charge is 0.214 e. The first-order valence-electron chi connectivity index (χ1n) is 6.59. The fraction of sp³-hybridized carbons (Fsp3) is 0.643. The van der Waals surface area contributed by atoms with Gasteiger partial charge in [0.2, 0.25) is 5.88 Å². The first-order valence-corrected chi connectivity index (χ1v) is 6.59. The molecule has 0 saturated heterocycles. The predicted octanol–water partition coefficient (Wildman–Crippen LogP) is 3.47. The molecule has 3 heteroatoms. The normalized spacial score (nSPS) is 24.4. The summed E-state index contributed by atoms with van der Waals surface area (Å²) in [7, 11) is 1.65. The summed E-state index contributed by atoms with van der Waals surface area (Å²) >= 11 is 0. The maximum Gasteiger partial charge on any atom is 0.214 e. The molecule has 1 heterocycles. The minimum Gasteiger partial charge on any atom is -0.481 e. The van der Waals surface area contributed by atoms with Crippen molar-refractivity contribution in [2.45, 2.75) is 45.1 Å². The highest BCUT2D eigenvalue weighted by Crippen LogP contribution is 2.28. The molecule has 1 N–H and O–H groups in total. The van der Waals surface area contributed by atoms with Crippen LogP contribution in [0.15, 0.2) is 18.2 Å². The van der Waals surface area contributed by atoms with E-state index in [0.29, 0.717) is 11.9 Å². The molecule has 3 nitrogen and oxygen atoms in total. The van der Waals surface area contributed by atoms with Gasteiger partial charge < -0.3 is 10.1 Å². The van der Waals surface area contributed by atoms with E-state index in [0.717, 1.165) is 11.7 Å². The van der Waals surface area contributed by atoms with Crippen LogP contribution in [-0.2, 0) is 0 Å². The number of ether oxygens (including phenoxy) is 1. The SMILES string of the molecule is CCC1CCCC(Nc2cccc(OC)n2)C1. The molecule has 2 rings (SSSR count). The van der Waals surface area contributed by atoms with Gasteiger partial charge in [0.1, 0.15) is 5.82 Å². The summed E-state index contributed by atoms with van der Waals surface area (Å²) in [5, 5.41) is 3.53. The average molecular weight is 234 g/mol. The quantitative estimate of drug-likeness (QED) is 0.866. The molecule has 0 radical (unpaired) electrons. The standard InChI is InChI=1S/C14H22N2O/c1-3-11-6-4-7-12(10-11)15-13-8-5-9-14(16-13)17-2/h5,8-9,11-12H,3-4,6-7,10H2,1-2H3,(H,15,16). The van der Waals surface area contributed by atoms with Gasteiger partial charge in [-0.2, -0.15) is 4.98 Å². The van der Waals surface area contributed by atoms with Crippen molar-refractivity contribution in [3.05, 3.63) is 18.2 Å². The zero-order valence-electron chi connectivity index (χ0n) is 10.8. The molecule has 17 heavy (non-hydrogen) atoms. The number of hydrogen-bond acceptors (Lipinski definition) is 3. The first-order chi connectivity index (χ1) is 8.31. The lowest BCUT2D eigenvalue weighted by Crippen LogP contribution is -2.27. The third kappa shape index (κ3) is 3.35. The van der Waals surface area contributed by atoms with E-state index >= 15 is 0 Å². The lowest BCUT2D eigenvalue weighted by molar-refractivity contribution is 0.326. The van der Waals surface area contributed by atoms with Gasteiger partial charge in [0.05, 0.1) is 7.11 Å². The Bertz CT molecular complexity index is 354. The molecule has 0 amide bonds. The molecule has 0 aromatic carbocycles. The zero-order valence-corrected chi connectivity index (χ0v) is 10.8. The molecule has 1 saturated carbocycles. The molecular weight excluding hydrogens is 212 g/mol. The van der Waals surface area contributed by atoms with Gasteiger partial charge in [0.25, 0.3) is 0 Å². The monoisotopic (exact) mass is 234 g/mol. The van der Waals surface area contributed by atoms with E-state index in [4.69, 9.17) is 4.74 Å². The number of nitrogens with one attached hydrogen (secondary N) is 1. The highest BCUT2D eigenvalue weighted by molar-refractivity contribution is 5.38. The summed E-state index contributed by atoms with van der Waals surface area (Å²) in [6, 6.07) is 6.45. The van der Waals surface area contributed by atoms with Gasteiger partial charge in [-0.05, 0) is 24.8 Å². The van der Waals surface area contributed by atoms with E-state index in [1.54, 1.807) is 7.11 Å². The van der Waals surface area contributed by atoms with Crippen LogP contribution in [0.2, 0.25) is 0 Å². The highest BCUT2D eigenvalue weighted by atomic mass is 16.5. The Labute approximate surface area is 104 Å². The van der Waals surface area contributed by atoms with Crippen molar-refractivity contribution in [2.24, 2.45) is 5.92 Å². The van der Waals surface area contributed by atoms with Crippen LogP contribution in [-0.4, -0.2) is 18.1 Å². The third-order valence-corrected chi connectivity index (χ3v) is 3.64. The van der Waals surface area contributed by atoms with Gasteiger partial charge in [-0.1, -0.05) is 32.3 Å². The molecule has 1 aromatic heterocycles. The van der Waals surface area contributed by atoms with Crippen LogP contribution in [0.1, 0.15) is 39.0 Å². The number of pyridine rings is 1. The number of methoxy groups -OCH3 is 1. The molecule has 0 aliphatic heterocycles. The Morgan fingerprint density at radius 3 is 3.06 bits per heavy atom. The maximum atomic E-state index is 5.14. The largest absolute Gasteiger partial charge is 0.481 e. The zero-order chi connectivity index (χ0) is 12.1. The molecule has 2 unspecified atom stereocenters. The second kappa shape index (κ2) is 5.89. The number of hydrogen-bond donors (Lipinski definition) is 1. The van der Waals surface area contributed by atoms with Crippen LogP contribution in [0, 0.1) is 5.92 Å². The van der Waals surface area contributed by atoms with Crippen LogP contribution >= 0.6 is 0 Å². The molecule has 1 aliphatic carbocycles. The fourth-order valence-electron chi connectivity index (χ4n) is 2.61. The molecule has 94 valence electrons. The van der Waals surface area contributed by atoms with Crippen molar-refractivity contribution < 1.29 is 4.74 Å². The Kier molecular flexibility index (Phi) is 4.24. The lowest BCUT2D eigenvalue weighted by Gasteiger charge is -2.29. The first kappa shape index (κ1) is 12.2. The van der Waals surface area contributed by atoms with Gasteiger partial charge in [0.15, 0.2) is 0 Å². The number of nitrogens with zero attached hydrogens (tertiary/aromatic N) is 1. The summed E-state index contributed by atoms with van der Waals surface area (Å²) in [5.74, 6) is 2.50. The molecule has 2 atom stereocenters. The van der Waals surface area contributed by atoms with E-state index < -0.39 is 0 Å². The molecule has 1 aliphatic rings. The summed E-state index contributed by atoms with van der Waals surface area (Å²) < 4.78 is 5.14. The van der Waals surface area contributed by atoms with Gasteiger partial charge in [0, 0.05) is 12.1 Å². The number of aromatic nitrogens is 1. The van der Waals surface area contributed by atoms with Gasteiger partial charge >= 0.3 is 0 Å². The van der Waals surface area contributed by atoms with E-state index in [9.17, 15) is 0 Å². The highest BCUT2D eigenvalue weighted by Gasteiger charge is 2.20. The van der Waals surface area contributed by atoms with Crippen LogP contribution < -0.4 is 10.1 Å². The molecular formula is C14H22N2O. The maximum absolute atomic E-state index is 5.14. The second-order valence-corrected chi connectivity index (χ2v) is 4.85. The minimum absolute atomic E-state index is 0.577. The van der Waals surface area contributed by atoms with E-state index in [1.807, 2.05) is 18.2 Å². The molecule has 0 bridgehead atoms. The fourth-order valence-corrected chi connectivity index (χ4v) is 2.61. The van der Waals surface area contributed by atoms with Crippen molar-refractivity contribution in [3.8, 4) is 5.88 Å². The van der Waals surface area contributed by atoms with Crippen molar-refractivity contribution in [1.29, 1.82) is 0 Å². The summed E-state index contributed by atoms with van der Waals surface area (Å²) in [6.07, 6.45) is 6.55. The second-order valence-electron chi connectivity index (χ2n) is 4.85. The van der Waals surface area contributed by atoms with Crippen LogP contribution in [0.25, 0.3) is 0 Å². The van der Waals surface area contributed by atoms with Gasteiger partial charge in [-0.3, -0.25) is 0 Å². The lowest BCUT2D eigenvalue weighted by atomic mass is 9.84. The van der Waals surface area contributed by atoms with Gasteiger partial charge in [-0.25, -0.2) is 0 Å². The van der Waals surface area contributed by atoms with Crippen LogP contribution in [0.4, 0.5) is 5.82 Å². The number of rotatable bonds is 4. The van der Waals surface area contributed by atoms with Crippen LogP contribution in [0.3, 0.4) is 0 Å². The number of anilines is 1. The third-order valence-electron chi connectivity index (χ3n) is 3.64. The summed E-state index contributed by atoms with van der Waals surface area (Å²) in [4.78, 5) is 4.40. The molecule has 0 spiro atoms. The average Bonchev–Trinajstić information content (AvgIpc) is 2.39. The van der Waals surface area contributed by atoms with Crippen molar-refractivity contribution >= 4 is 5.82 Å². The topological polar surface area (TPSA) is 34.1 Å². The van der Waals surface area contributed by atoms with Crippen molar-refractivity contribution in [1.82, 2.24) is 4.98 Å². The Morgan fingerprint density at radius 2 is 2.29 bits per heavy atom. The van der Waals surface area contributed by atoms with E-state index in [1.165, 1.54) is 32.1 Å². The summed E-state index contributed by atoms with van der Waals surface area (Å²) in [5.41, 5.74) is 0. The minimum atomic E-state index is 0.577. The Balaban J connectivity index is 1.95. The predicted molar refractivity (Wildman–Crippen MR) is 70.4 cm³/mol. The Morgan fingerprint density at radius 1 is 1.41 bits per heavy atom. The Hall–Kier alpha value is -1.25.